The fourth-order valence-corrected chi connectivity index (χ4v) is 4.86. The van der Waals surface area contributed by atoms with Gasteiger partial charge in [-0.15, -0.1) is 0 Å². The second kappa shape index (κ2) is 7.00. The monoisotopic (exact) mass is 402 g/mol. The van der Waals surface area contributed by atoms with Crippen molar-refractivity contribution in [2.45, 2.75) is 25.3 Å². The molecule has 1 heterocycles. The van der Waals surface area contributed by atoms with Gasteiger partial charge in [0.1, 0.15) is 0 Å². The van der Waals surface area contributed by atoms with Gasteiger partial charge in [0, 0.05) is 23.0 Å². The molecule has 6 nitrogen and oxygen atoms in total. The van der Waals surface area contributed by atoms with Gasteiger partial charge in [-0.05, 0) is 37.6 Å². The molecule has 0 aromatic heterocycles. The van der Waals surface area contributed by atoms with Gasteiger partial charge in [0.05, 0.1) is 17.0 Å². The molecule has 8 heteroatoms. The molecule has 1 saturated heterocycles. The van der Waals surface area contributed by atoms with Crippen LogP contribution in [0.3, 0.4) is 0 Å². The van der Waals surface area contributed by atoms with E-state index < -0.39 is 15.4 Å². The molecule has 0 aliphatic carbocycles. The van der Waals surface area contributed by atoms with Crippen LogP contribution >= 0.6 is 15.9 Å². The lowest BCUT2D eigenvalue weighted by molar-refractivity contribution is -0.122. The van der Waals surface area contributed by atoms with Gasteiger partial charge in [-0.3, -0.25) is 9.59 Å². The Labute approximate surface area is 144 Å². The summed E-state index contributed by atoms with van der Waals surface area (Å²) in [6.45, 7) is 1.93. The Morgan fingerprint density at radius 1 is 1.26 bits per heavy atom. The molecule has 0 spiro atoms. The molecule has 126 valence electrons. The van der Waals surface area contributed by atoms with Gasteiger partial charge in [0.15, 0.2) is 9.84 Å². The summed E-state index contributed by atoms with van der Waals surface area (Å²) >= 11 is 3.29. The van der Waals surface area contributed by atoms with E-state index in [-0.39, 0.29) is 36.3 Å². The zero-order chi connectivity index (χ0) is 17.1. The highest BCUT2D eigenvalue weighted by Crippen LogP contribution is 2.22. The largest absolute Gasteiger partial charge is 0.352 e. The van der Waals surface area contributed by atoms with Crippen LogP contribution in [0.15, 0.2) is 28.7 Å². The molecule has 2 amide bonds. The molecule has 1 atom stereocenters. The third-order valence-corrected chi connectivity index (χ3v) is 6.12. The molecule has 1 aliphatic rings. The molecule has 1 aromatic carbocycles. The second-order valence-electron chi connectivity index (χ2n) is 5.96. The quantitative estimate of drug-likeness (QED) is 0.775. The van der Waals surface area contributed by atoms with Gasteiger partial charge in [0.25, 0.3) is 5.91 Å². The first kappa shape index (κ1) is 17.9. The summed E-state index contributed by atoms with van der Waals surface area (Å²) in [5.74, 6) is -0.443. The van der Waals surface area contributed by atoms with Gasteiger partial charge in [-0.1, -0.05) is 15.9 Å². The number of benzene rings is 1. The molecular formula is C15H19BrN2O4S. The van der Waals surface area contributed by atoms with Crippen molar-refractivity contribution in [3.63, 3.8) is 0 Å². The van der Waals surface area contributed by atoms with Crippen molar-refractivity contribution in [1.29, 1.82) is 0 Å². The SMILES string of the molecule is CC1(NC(=O)CCNC(=O)c2ccc(Br)cc2)CCS(=O)(=O)C1. The lowest BCUT2D eigenvalue weighted by Crippen LogP contribution is -2.47. The highest BCUT2D eigenvalue weighted by Gasteiger charge is 2.39. The summed E-state index contributed by atoms with van der Waals surface area (Å²) in [5.41, 5.74) is -0.187. The molecule has 0 radical (unpaired) electrons. The Kier molecular flexibility index (Phi) is 5.46. The smallest absolute Gasteiger partial charge is 0.251 e. The van der Waals surface area contributed by atoms with E-state index in [0.717, 1.165) is 4.47 Å². The molecule has 1 aliphatic heterocycles. The maximum absolute atomic E-state index is 11.9. The lowest BCUT2D eigenvalue weighted by Gasteiger charge is -2.23. The van der Waals surface area contributed by atoms with Gasteiger partial charge < -0.3 is 10.6 Å². The fourth-order valence-electron chi connectivity index (χ4n) is 2.50. The Balaban J connectivity index is 1.77. The number of hydrogen-bond donors (Lipinski definition) is 2. The topological polar surface area (TPSA) is 92.3 Å². The first-order valence-electron chi connectivity index (χ1n) is 7.24. The number of carbonyl (C=O) groups excluding carboxylic acids is 2. The third-order valence-electron chi connectivity index (χ3n) is 3.69. The predicted molar refractivity (Wildman–Crippen MR) is 90.9 cm³/mol. The van der Waals surface area contributed by atoms with Gasteiger partial charge in [-0.25, -0.2) is 8.42 Å². The zero-order valence-electron chi connectivity index (χ0n) is 12.8. The lowest BCUT2D eigenvalue weighted by atomic mass is 10.0. The van der Waals surface area contributed by atoms with Crippen LogP contribution in [0.5, 0.6) is 0 Å². The maximum atomic E-state index is 11.9. The molecular weight excluding hydrogens is 384 g/mol. The Bertz CT molecular complexity index is 703. The van der Waals surface area contributed by atoms with Crippen molar-refractivity contribution in [2.75, 3.05) is 18.1 Å². The van der Waals surface area contributed by atoms with E-state index in [1.54, 1.807) is 31.2 Å². The highest BCUT2D eigenvalue weighted by atomic mass is 79.9. The molecule has 0 saturated carbocycles. The summed E-state index contributed by atoms with van der Waals surface area (Å²) in [6, 6.07) is 6.90. The summed E-state index contributed by atoms with van der Waals surface area (Å²) in [5, 5.41) is 5.43. The van der Waals surface area contributed by atoms with Gasteiger partial charge >= 0.3 is 0 Å². The zero-order valence-corrected chi connectivity index (χ0v) is 15.2. The normalized spacial score (nSPS) is 22.5. The fraction of sp³-hybridized carbons (Fsp3) is 0.467. The van der Waals surface area contributed by atoms with Crippen LogP contribution in [0.25, 0.3) is 0 Å². The molecule has 1 fully saturated rings. The van der Waals surface area contributed by atoms with E-state index in [0.29, 0.717) is 12.0 Å². The average molecular weight is 403 g/mol. The van der Waals surface area contributed by atoms with E-state index in [2.05, 4.69) is 26.6 Å². The first-order chi connectivity index (χ1) is 10.7. The van der Waals surface area contributed by atoms with E-state index in [1.165, 1.54) is 0 Å². The number of halogens is 1. The number of amides is 2. The van der Waals surface area contributed by atoms with Crippen molar-refractivity contribution in [2.24, 2.45) is 0 Å². The Hall–Kier alpha value is -1.41. The van der Waals surface area contributed by atoms with Crippen LogP contribution < -0.4 is 10.6 Å². The van der Waals surface area contributed by atoms with E-state index in [4.69, 9.17) is 0 Å². The van der Waals surface area contributed by atoms with Crippen molar-refractivity contribution >= 4 is 37.6 Å². The number of rotatable bonds is 5. The van der Waals surface area contributed by atoms with E-state index in [1.807, 2.05) is 0 Å². The number of nitrogens with one attached hydrogen (secondary N) is 2. The maximum Gasteiger partial charge on any atom is 0.251 e. The summed E-state index contributed by atoms with van der Waals surface area (Å²) in [6.07, 6.45) is 0.532. The van der Waals surface area contributed by atoms with E-state index in [9.17, 15) is 18.0 Å². The molecule has 23 heavy (non-hydrogen) atoms. The summed E-state index contributed by atoms with van der Waals surface area (Å²) < 4.78 is 23.9. The second-order valence-corrected chi connectivity index (χ2v) is 9.06. The van der Waals surface area contributed by atoms with Crippen molar-refractivity contribution in [1.82, 2.24) is 10.6 Å². The Morgan fingerprint density at radius 3 is 2.48 bits per heavy atom. The Morgan fingerprint density at radius 2 is 1.91 bits per heavy atom. The number of hydrogen-bond acceptors (Lipinski definition) is 4. The minimum Gasteiger partial charge on any atom is -0.352 e. The summed E-state index contributed by atoms with van der Waals surface area (Å²) in [4.78, 5) is 23.8. The predicted octanol–water partition coefficient (Wildman–Crippen LogP) is 1.26. The molecule has 0 bridgehead atoms. The minimum atomic E-state index is -3.06. The van der Waals surface area contributed by atoms with Crippen molar-refractivity contribution < 1.29 is 18.0 Å². The molecule has 2 N–H and O–H groups in total. The standard InChI is InChI=1S/C15H19BrN2O4S/c1-15(7-9-23(21,22)10-15)18-13(19)6-8-17-14(20)11-2-4-12(16)5-3-11/h2-5H,6-10H2,1H3,(H,17,20)(H,18,19). The molecule has 2 rings (SSSR count). The van der Waals surface area contributed by atoms with Gasteiger partial charge in [-0.2, -0.15) is 0 Å². The van der Waals surface area contributed by atoms with Crippen LogP contribution in [0.4, 0.5) is 0 Å². The number of carbonyl (C=O) groups is 2. The molecule has 1 unspecified atom stereocenters. The van der Waals surface area contributed by atoms with Crippen LogP contribution in [0, 0.1) is 0 Å². The van der Waals surface area contributed by atoms with Crippen LogP contribution in [0.2, 0.25) is 0 Å². The average Bonchev–Trinajstić information content (AvgIpc) is 2.72. The summed E-state index contributed by atoms with van der Waals surface area (Å²) in [7, 11) is -3.06. The first-order valence-corrected chi connectivity index (χ1v) is 9.86. The van der Waals surface area contributed by atoms with Gasteiger partial charge in [0.2, 0.25) is 5.91 Å². The highest BCUT2D eigenvalue weighted by molar-refractivity contribution is 9.10. The van der Waals surface area contributed by atoms with Crippen LogP contribution in [0.1, 0.15) is 30.1 Å². The minimum absolute atomic E-state index is 0.0308. The third kappa shape index (κ3) is 5.31. The molecule has 1 aromatic rings. The van der Waals surface area contributed by atoms with E-state index >= 15 is 0 Å². The van der Waals surface area contributed by atoms with Crippen molar-refractivity contribution in [3.8, 4) is 0 Å². The van der Waals surface area contributed by atoms with Crippen molar-refractivity contribution in [3.05, 3.63) is 34.3 Å². The van der Waals surface area contributed by atoms with Crippen LogP contribution in [-0.4, -0.2) is 43.8 Å². The van der Waals surface area contributed by atoms with Crippen LogP contribution in [-0.2, 0) is 14.6 Å². The number of sulfone groups is 1.